The lowest BCUT2D eigenvalue weighted by molar-refractivity contribution is -0.122. The fourth-order valence-corrected chi connectivity index (χ4v) is 3.79. The lowest BCUT2D eigenvalue weighted by Gasteiger charge is -2.36. The van der Waals surface area contributed by atoms with Gasteiger partial charge in [-0.1, -0.05) is 56.5 Å². The standard InChI is InChI=1S/C22H28N2O2/c1-3-14-26-20-17(2)15-19(16-23-20)24-21(25)22(12-8-5-9-13-22)18-10-6-4-7-11-18/h4,6-7,10-11,15-16H,3,5,8-9,12-14H2,1-2H3,(H,24,25). The summed E-state index contributed by atoms with van der Waals surface area (Å²) in [7, 11) is 0. The number of nitrogens with zero attached hydrogens (tertiary/aromatic N) is 1. The van der Waals surface area contributed by atoms with E-state index in [1.54, 1.807) is 6.20 Å². The minimum Gasteiger partial charge on any atom is -0.477 e. The Morgan fingerprint density at radius 3 is 2.58 bits per heavy atom. The van der Waals surface area contributed by atoms with Crippen LogP contribution < -0.4 is 10.1 Å². The molecule has 1 saturated carbocycles. The Morgan fingerprint density at radius 1 is 1.19 bits per heavy atom. The van der Waals surface area contributed by atoms with Crippen molar-refractivity contribution in [1.29, 1.82) is 0 Å². The predicted octanol–water partition coefficient (Wildman–Crippen LogP) is 5.02. The van der Waals surface area contributed by atoms with Crippen molar-refractivity contribution < 1.29 is 9.53 Å². The third-order valence-electron chi connectivity index (χ3n) is 5.20. The van der Waals surface area contributed by atoms with Crippen molar-refractivity contribution in [3.05, 3.63) is 53.7 Å². The first-order chi connectivity index (χ1) is 12.7. The highest BCUT2D eigenvalue weighted by molar-refractivity contribution is 5.99. The zero-order valence-corrected chi connectivity index (χ0v) is 15.8. The molecular weight excluding hydrogens is 324 g/mol. The van der Waals surface area contributed by atoms with Gasteiger partial charge in [0.05, 0.1) is 23.9 Å². The van der Waals surface area contributed by atoms with E-state index < -0.39 is 5.41 Å². The molecule has 0 atom stereocenters. The smallest absolute Gasteiger partial charge is 0.235 e. The summed E-state index contributed by atoms with van der Waals surface area (Å²) in [5, 5.41) is 3.12. The van der Waals surface area contributed by atoms with Gasteiger partial charge < -0.3 is 10.1 Å². The summed E-state index contributed by atoms with van der Waals surface area (Å²) in [6.45, 7) is 4.68. The molecule has 3 rings (SSSR count). The molecule has 0 radical (unpaired) electrons. The minimum atomic E-state index is -0.440. The van der Waals surface area contributed by atoms with E-state index in [1.807, 2.05) is 31.2 Å². The molecule has 1 amide bonds. The highest BCUT2D eigenvalue weighted by Gasteiger charge is 2.41. The number of nitrogens with one attached hydrogen (secondary N) is 1. The van der Waals surface area contributed by atoms with Crippen LogP contribution in [0.5, 0.6) is 5.88 Å². The summed E-state index contributed by atoms with van der Waals surface area (Å²) in [6, 6.07) is 12.1. The second-order valence-corrected chi connectivity index (χ2v) is 7.16. The van der Waals surface area contributed by atoms with Gasteiger partial charge in [-0.25, -0.2) is 4.98 Å². The Bertz CT molecular complexity index is 737. The van der Waals surface area contributed by atoms with Crippen LogP contribution in [0.1, 0.15) is 56.6 Å². The van der Waals surface area contributed by atoms with Gasteiger partial charge in [-0.15, -0.1) is 0 Å². The maximum absolute atomic E-state index is 13.3. The van der Waals surface area contributed by atoms with Crippen molar-refractivity contribution in [3.63, 3.8) is 0 Å². The normalized spacial score (nSPS) is 16.1. The third kappa shape index (κ3) is 3.90. The van der Waals surface area contributed by atoms with Crippen molar-refractivity contribution in [2.45, 2.75) is 57.8 Å². The van der Waals surface area contributed by atoms with Crippen molar-refractivity contribution in [2.75, 3.05) is 11.9 Å². The summed E-state index contributed by atoms with van der Waals surface area (Å²) in [4.78, 5) is 17.7. The number of aryl methyl sites for hydroxylation is 1. The van der Waals surface area contributed by atoms with Crippen molar-refractivity contribution >= 4 is 11.6 Å². The molecule has 26 heavy (non-hydrogen) atoms. The van der Waals surface area contributed by atoms with Crippen LogP contribution in [0.2, 0.25) is 0 Å². The zero-order chi connectivity index (χ0) is 18.4. The third-order valence-corrected chi connectivity index (χ3v) is 5.20. The molecule has 1 aromatic heterocycles. The number of benzene rings is 1. The molecule has 2 aromatic rings. The van der Waals surface area contributed by atoms with Gasteiger partial charge in [0.25, 0.3) is 0 Å². The Labute approximate surface area is 156 Å². The molecule has 4 nitrogen and oxygen atoms in total. The SMILES string of the molecule is CCCOc1ncc(NC(=O)C2(c3ccccc3)CCCCC2)cc1C. The molecule has 1 heterocycles. The number of hydrogen-bond donors (Lipinski definition) is 1. The minimum absolute atomic E-state index is 0.0758. The molecular formula is C22H28N2O2. The average Bonchev–Trinajstić information content (AvgIpc) is 2.68. The second kappa shape index (κ2) is 8.35. The van der Waals surface area contributed by atoms with Gasteiger partial charge in [-0.3, -0.25) is 4.79 Å². The molecule has 0 aliphatic heterocycles. The van der Waals surface area contributed by atoms with E-state index in [9.17, 15) is 4.79 Å². The van der Waals surface area contributed by atoms with Crippen LogP contribution in [0.25, 0.3) is 0 Å². The number of anilines is 1. The highest BCUT2D eigenvalue weighted by Crippen LogP contribution is 2.40. The molecule has 1 aromatic carbocycles. The Morgan fingerprint density at radius 2 is 1.92 bits per heavy atom. The van der Waals surface area contributed by atoms with E-state index in [1.165, 1.54) is 6.42 Å². The fourth-order valence-electron chi connectivity index (χ4n) is 3.79. The monoisotopic (exact) mass is 352 g/mol. The molecule has 1 N–H and O–H groups in total. The van der Waals surface area contributed by atoms with E-state index in [2.05, 4.69) is 29.4 Å². The summed E-state index contributed by atoms with van der Waals surface area (Å²) in [5.41, 5.74) is 2.35. The van der Waals surface area contributed by atoms with Gasteiger partial charge in [-0.2, -0.15) is 0 Å². The van der Waals surface area contributed by atoms with Crippen molar-refractivity contribution in [1.82, 2.24) is 4.98 Å². The first-order valence-corrected chi connectivity index (χ1v) is 9.62. The predicted molar refractivity (Wildman–Crippen MR) is 105 cm³/mol. The molecule has 4 heteroatoms. The van der Waals surface area contributed by atoms with E-state index in [0.717, 1.165) is 48.9 Å². The van der Waals surface area contributed by atoms with Gasteiger partial charge in [0.15, 0.2) is 0 Å². The maximum Gasteiger partial charge on any atom is 0.235 e. The molecule has 0 unspecified atom stereocenters. The number of carbonyl (C=O) groups excluding carboxylic acids is 1. The molecule has 0 bridgehead atoms. The van der Waals surface area contributed by atoms with Crippen LogP contribution >= 0.6 is 0 Å². The van der Waals surface area contributed by atoms with Crippen LogP contribution in [0, 0.1) is 6.92 Å². The van der Waals surface area contributed by atoms with E-state index in [-0.39, 0.29) is 5.91 Å². The average molecular weight is 352 g/mol. The van der Waals surface area contributed by atoms with E-state index in [0.29, 0.717) is 12.5 Å². The Balaban J connectivity index is 1.81. The largest absolute Gasteiger partial charge is 0.477 e. The maximum atomic E-state index is 13.3. The van der Waals surface area contributed by atoms with Crippen LogP contribution in [0.15, 0.2) is 42.6 Å². The first-order valence-electron chi connectivity index (χ1n) is 9.62. The Hall–Kier alpha value is -2.36. The molecule has 1 aliphatic rings. The molecule has 1 fully saturated rings. The van der Waals surface area contributed by atoms with Gasteiger partial charge in [0, 0.05) is 5.56 Å². The summed E-state index contributed by atoms with van der Waals surface area (Å²) in [6.07, 6.45) is 7.80. The molecule has 138 valence electrons. The summed E-state index contributed by atoms with van der Waals surface area (Å²) >= 11 is 0. The zero-order valence-electron chi connectivity index (χ0n) is 15.8. The van der Waals surface area contributed by atoms with Gasteiger partial charge >= 0.3 is 0 Å². The van der Waals surface area contributed by atoms with Crippen LogP contribution in [0.3, 0.4) is 0 Å². The van der Waals surface area contributed by atoms with Gasteiger partial charge in [0.2, 0.25) is 11.8 Å². The topological polar surface area (TPSA) is 51.2 Å². The van der Waals surface area contributed by atoms with Crippen molar-refractivity contribution in [2.24, 2.45) is 0 Å². The van der Waals surface area contributed by atoms with Crippen molar-refractivity contribution in [3.8, 4) is 5.88 Å². The van der Waals surface area contributed by atoms with Crippen LogP contribution in [-0.4, -0.2) is 17.5 Å². The number of carbonyl (C=O) groups is 1. The van der Waals surface area contributed by atoms with E-state index >= 15 is 0 Å². The lowest BCUT2D eigenvalue weighted by atomic mass is 9.68. The summed E-state index contributed by atoms with van der Waals surface area (Å²) in [5.74, 6) is 0.715. The quantitative estimate of drug-likeness (QED) is 0.794. The Kier molecular flexibility index (Phi) is 5.92. The number of amides is 1. The molecule has 1 aliphatic carbocycles. The second-order valence-electron chi connectivity index (χ2n) is 7.16. The van der Waals surface area contributed by atoms with Crippen LogP contribution in [0.4, 0.5) is 5.69 Å². The summed E-state index contributed by atoms with van der Waals surface area (Å²) < 4.78 is 5.63. The number of pyridine rings is 1. The highest BCUT2D eigenvalue weighted by atomic mass is 16.5. The molecule has 0 saturated heterocycles. The van der Waals surface area contributed by atoms with Gasteiger partial charge in [-0.05, 0) is 37.8 Å². The lowest BCUT2D eigenvalue weighted by Crippen LogP contribution is -2.42. The first kappa shape index (κ1) is 18.4. The fraction of sp³-hybridized carbons (Fsp3) is 0.455. The number of hydrogen-bond acceptors (Lipinski definition) is 3. The van der Waals surface area contributed by atoms with Gasteiger partial charge in [0.1, 0.15) is 0 Å². The van der Waals surface area contributed by atoms with Crippen LogP contribution in [-0.2, 0) is 10.2 Å². The van der Waals surface area contributed by atoms with E-state index in [4.69, 9.17) is 4.74 Å². The number of ether oxygens (including phenoxy) is 1. The number of aromatic nitrogens is 1. The molecule has 0 spiro atoms. The number of rotatable bonds is 6.